The molecule has 0 spiro atoms. The number of furan rings is 1. The van der Waals surface area contributed by atoms with Gasteiger partial charge in [0.1, 0.15) is 11.4 Å². The highest BCUT2D eigenvalue weighted by atomic mass is 16.3. The number of carbonyl (C=O) groups excluding carboxylic acids is 1. The summed E-state index contributed by atoms with van der Waals surface area (Å²) >= 11 is 0. The molecule has 3 aromatic rings. The average Bonchev–Trinajstić information content (AvgIpc) is 3.26. The van der Waals surface area contributed by atoms with E-state index in [-0.39, 0.29) is 11.9 Å². The van der Waals surface area contributed by atoms with E-state index < -0.39 is 0 Å². The van der Waals surface area contributed by atoms with Gasteiger partial charge in [0.25, 0.3) is 0 Å². The minimum atomic E-state index is 0.0756. The molecule has 1 fully saturated rings. The van der Waals surface area contributed by atoms with Gasteiger partial charge in [0, 0.05) is 30.7 Å². The first-order valence-corrected chi connectivity index (χ1v) is 8.79. The van der Waals surface area contributed by atoms with Crippen LogP contribution in [-0.4, -0.2) is 26.9 Å². The Bertz CT molecular complexity index is 938. The van der Waals surface area contributed by atoms with E-state index in [1.807, 2.05) is 48.7 Å². The molecule has 0 aliphatic carbocycles. The van der Waals surface area contributed by atoms with Gasteiger partial charge in [0.05, 0.1) is 24.4 Å². The SMILES string of the molecule is Cc1ccc2c(CC(=O)N3CCC[C@@H]3c3nc(C)cn3C)coc2c1. The molecule has 0 N–H and O–H groups in total. The third-order valence-corrected chi connectivity index (χ3v) is 5.06. The molecule has 2 aromatic heterocycles. The van der Waals surface area contributed by atoms with Crippen molar-refractivity contribution >= 4 is 16.9 Å². The normalized spacial score (nSPS) is 17.6. The van der Waals surface area contributed by atoms with Crippen LogP contribution < -0.4 is 0 Å². The highest BCUT2D eigenvalue weighted by molar-refractivity contribution is 5.88. The van der Waals surface area contributed by atoms with Crippen molar-refractivity contribution in [3.63, 3.8) is 0 Å². The third kappa shape index (κ3) is 2.84. The van der Waals surface area contributed by atoms with Crippen LogP contribution in [0.1, 0.15) is 41.5 Å². The lowest BCUT2D eigenvalue weighted by molar-refractivity contribution is -0.131. The quantitative estimate of drug-likeness (QED) is 0.732. The Labute approximate surface area is 147 Å². The molecule has 5 nitrogen and oxygen atoms in total. The highest BCUT2D eigenvalue weighted by Crippen LogP contribution is 2.32. The molecule has 1 amide bonds. The van der Waals surface area contributed by atoms with Gasteiger partial charge in [-0.05, 0) is 38.3 Å². The van der Waals surface area contributed by atoms with Crippen LogP contribution in [0.15, 0.2) is 35.1 Å². The lowest BCUT2D eigenvalue weighted by atomic mass is 10.1. The van der Waals surface area contributed by atoms with Crippen molar-refractivity contribution < 1.29 is 9.21 Å². The van der Waals surface area contributed by atoms with Crippen molar-refractivity contribution in [3.05, 3.63) is 53.3 Å². The second-order valence-electron chi connectivity index (χ2n) is 7.03. The largest absolute Gasteiger partial charge is 0.464 e. The van der Waals surface area contributed by atoms with E-state index in [1.165, 1.54) is 0 Å². The lowest BCUT2D eigenvalue weighted by Crippen LogP contribution is -2.33. The first-order valence-electron chi connectivity index (χ1n) is 8.79. The van der Waals surface area contributed by atoms with Crippen LogP contribution in [0.25, 0.3) is 11.0 Å². The second kappa shape index (κ2) is 6.06. The average molecular weight is 337 g/mol. The summed E-state index contributed by atoms with van der Waals surface area (Å²) < 4.78 is 7.68. The van der Waals surface area contributed by atoms with Crippen molar-refractivity contribution in [1.29, 1.82) is 0 Å². The van der Waals surface area contributed by atoms with Gasteiger partial charge < -0.3 is 13.9 Å². The summed E-state index contributed by atoms with van der Waals surface area (Å²) in [5.41, 5.74) is 3.96. The molecule has 0 unspecified atom stereocenters. The summed E-state index contributed by atoms with van der Waals surface area (Å²) in [5.74, 6) is 1.13. The molecule has 25 heavy (non-hydrogen) atoms. The number of aryl methyl sites for hydroxylation is 3. The maximum absolute atomic E-state index is 13.0. The molecule has 130 valence electrons. The number of fused-ring (bicyclic) bond motifs is 1. The number of carbonyl (C=O) groups is 1. The Balaban J connectivity index is 1.58. The van der Waals surface area contributed by atoms with Crippen molar-refractivity contribution in [1.82, 2.24) is 14.5 Å². The molecule has 4 rings (SSSR count). The molecule has 0 radical (unpaired) electrons. The molecular formula is C20H23N3O2. The van der Waals surface area contributed by atoms with Gasteiger partial charge in [0.2, 0.25) is 5.91 Å². The van der Waals surface area contributed by atoms with Gasteiger partial charge in [-0.2, -0.15) is 0 Å². The van der Waals surface area contributed by atoms with Crippen LogP contribution >= 0.6 is 0 Å². The summed E-state index contributed by atoms with van der Waals surface area (Å²) in [7, 11) is 2.00. The van der Waals surface area contributed by atoms with Crippen LogP contribution in [0.3, 0.4) is 0 Å². The zero-order valence-electron chi connectivity index (χ0n) is 15.0. The molecule has 1 atom stereocenters. The smallest absolute Gasteiger partial charge is 0.227 e. The zero-order valence-corrected chi connectivity index (χ0v) is 15.0. The van der Waals surface area contributed by atoms with Crippen molar-refractivity contribution in [3.8, 4) is 0 Å². The number of rotatable bonds is 3. The van der Waals surface area contributed by atoms with E-state index in [0.717, 1.165) is 53.0 Å². The first kappa shape index (κ1) is 15.9. The molecule has 3 heterocycles. The second-order valence-corrected chi connectivity index (χ2v) is 7.03. The molecular weight excluding hydrogens is 314 g/mol. The van der Waals surface area contributed by atoms with E-state index in [2.05, 4.69) is 11.1 Å². The van der Waals surface area contributed by atoms with Gasteiger partial charge in [-0.1, -0.05) is 12.1 Å². The summed E-state index contributed by atoms with van der Waals surface area (Å²) in [6, 6.07) is 6.19. The summed E-state index contributed by atoms with van der Waals surface area (Å²) in [6.07, 6.45) is 6.10. The van der Waals surface area contributed by atoms with Crippen LogP contribution in [0.5, 0.6) is 0 Å². The Morgan fingerprint density at radius 2 is 2.20 bits per heavy atom. The van der Waals surface area contributed by atoms with E-state index in [9.17, 15) is 4.79 Å². The Kier molecular flexibility index (Phi) is 3.86. The predicted octanol–water partition coefficient (Wildman–Crippen LogP) is 3.69. The predicted molar refractivity (Wildman–Crippen MR) is 96.3 cm³/mol. The van der Waals surface area contributed by atoms with Crippen LogP contribution in [0.4, 0.5) is 0 Å². The minimum Gasteiger partial charge on any atom is -0.464 e. The summed E-state index contributed by atoms with van der Waals surface area (Å²) in [5, 5.41) is 1.03. The zero-order chi connectivity index (χ0) is 17.6. The Morgan fingerprint density at radius 3 is 2.96 bits per heavy atom. The fraction of sp³-hybridized carbons (Fsp3) is 0.400. The van der Waals surface area contributed by atoms with Gasteiger partial charge in [-0.25, -0.2) is 4.98 Å². The number of benzene rings is 1. The number of amides is 1. The van der Waals surface area contributed by atoms with Crippen LogP contribution in [0, 0.1) is 13.8 Å². The molecule has 1 aromatic carbocycles. The number of nitrogens with zero attached hydrogens (tertiary/aromatic N) is 3. The molecule has 5 heteroatoms. The minimum absolute atomic E-state index is 0.0756. The first-order chi connectivity index (χ1) is 12.0. The summed E-state index contributed by atoms with van der Waals surface area (Å²) in [6.45, 7) is 4.82. The van der Waals surface area contributed by atoms with Crippen LogP contribution in [0.2, 0.25) is 0 Å². The van der Waals surface area contributed by atoms with E-state index in [0.29, 0.717) is 6.42 Å². The molecule has 1 aliphatic heterocycles. The number of hydrogen-bond acceptors (Lipinski definition) is 3. The van der Waals surface area contributed by atoms with Gasteiger partial charge >= 0.3 is 0 Å². The standard InChI is InChI=1S/C20H23N3O2/c1-13-6-7-16-15(12-25-18(16)9-13)10-19(24)23-8-4-5-17(23)20-21-14(2)11-22(20)3/h6-7,9,11-12,17H,4-5,8,10H2,1-3H3/t17-/m1/s1. The molecule has 0 saturated carbocycles. The van der Waals surface area contributed by atoms with Crippen molar-refractivity contribution in [2.75, 3.05) is 6.54 Å². The highest BCUT2D eigenvalue weighted by Gasteiger charge is 2.32. The van der Waals surface area contributed by atoms with Crippen molar-refractivity contribution in [2.45, 2.75) is 39.2 Å². The third-order valence-electron chi connectivity index (χ3n) is 5.06. The number of imidazole rings is 1. The molecule has 1 aliphatic rings. The summed E-state index contributed by atoms with van der Waals surface area (Å²) in [4.78, 5) is 19.6. The Morgan fingerprint density at radius 1 is 1.36 bits per heavy atom. The van der Waals surface area contributed by atoms with E-state index >= 15 is 0 Å². The van der Waals surface area contributed by atoms with Gasteiger partial charge in [-0.15, -0.1) is 0 Å². The van der Waals surface area contributed by atoms with Gasteiger partial charge in [0.15, 0.2) is 0 Å². The number of likely N-dealkylation sites (tertiary alicyclic amines) is 1. The molecule has 0 bridgehead atoms. The maximum atomic E-state index is 13.0. The van der Waals surface area contributed by atoms with E-state index in [4.69, 9.17) is 4.42 Å². The fourth-order valence-electron chi connectivity index (χ4n) is 3.87. The van der Waals surface area contributed by atoms with Crippen molar-refractivity contribution in [2.24, 2.45) is 7.05 Å². The number of hydrogen-bond donors (Lipinski definition) is 0. The van der Waals surface area contributed by atoms with E-state index in [1.54, 1.807) is 6.26 Å². The molecule has 1 saturated heterocycles. The number of aromatic nitrogens is 2. The lowest BCUT2D eigenvalue weighted by Gasteiger charge is -2.24. The van der Waals surface area contributed by atoms with Crippen LogP contribution in [-0.2, 0) is 18.3 Å². The topological polar surface area (TPSA) is 51.3 Å². The Hall–Kier alpha value is -2.56. The van der Waals surface area contributed by atoms with Gasteiger partial charge in [-0.3, -0.25) is 4.79 Å². The fourth-order valence-corrected chi connectivity index (χ4v) is 3.87. The monoisotopic (exact) mass is 337 g/mol. The maximum Gasteiger partial charge on any atom is 0.227 e.